The molecule has 0 spiro atoms. The third-order valence-electron chi connectivity index (χ3n) is 2.06. The Labute approximate surface area is 81.4 Å². The Kier molecular flexibility index (Phi) is 2.24. The Morgan fingerprint density at radius 1 is 1.36 bits per heavy atom. The average Bonchev–Trinajstić information content (AvgIpc) is 2.65. The van der Waals surface area contributed by atoms with Crippen molar-refractivity contribution in [3.05, 3.63) is 29.8 Å². The Morgan fingerprint density at radius 2 is 2.14 bits per heavy atom. The predicted molar refractivity (Wildman–Crippen MR) is 50.5 cm³/mol. The predicted octanol–water partition coefficient (Wildman–Crippen LogP) is 0.511. The standard InChI is InChI=1S/C9H11N3O2/c1-14-7-5-3-2-4-6(7)8-10-9(13)12-11-8/h2-5,8,11H,1H3,(H2,10,12,13). The van der Waals surface area contributed by atoms with Gasteiger partial charge in [-0.2, -0.15) is 0 Å². The zero-order valence-electron chi connectivity index (χ0n) is 7.70. The number of hydrogen-bond donors (Lipinski definition) is 3. The van der Waals surface area contributed by atoms with Crippen molar-refractivity contribution in [3.63, 3.8) is 0 Å². The third kappa shape index (κ3) is 1.49. The molecule has 5 heteroatoms. The number of methoxy groups -OCH3 is 1. The maximum atomic E-state index is 10.9. The van der Waals surface area contributed by atoms with E-state index in [2.05, 4.69) is 16.2 Å². The highest BCUT2D eigenvalue weighted by molar-refractivity contribution is 5.76. The molecular formula is C9H11N3O2. The van der Waals surface area contributed by atoms with E-state index in [0.717, 1.165) is 11.3 Å². The van der Waals surface area contributed by atoms with Gasteiger partial charge in [0.05, 0.1) is 7.11 Å². The van der Waals surface area contributed by atoms with Crippen LogP contribution in [0.3, 0.4) is 0 Å². The minimum absolute atomic E-state index is 0.235. The van der Waals surface area contributed by atoms with Crippen LogP contribution in [0, 0.1) is 0 Å². The molecule has 1 aromatic carbocycles. The number of rotatable bonds is 2. The van der Waals surface area contributed by atoms with Crippen LogP contribution in [-0.4, -0.2) is 13.1 Å². The Balaban J connectivity index is 2.27. The highest BCUT2D eigenvalue weighted by atomic mass is 16.5. The Bertz CT molecular complexity index is 354. The van der Waals surface area contributed by atoms with Crippen molar-refractivity contribution in [2.75, 3.05) is 7.11 Å². The monoisotopic (exact) mass is 193 g/mol. The first-order valence-corrected chi connectivity index (χ1v) is 4.26. The van der Waals surface area contributed by atoms with Crippen LogP contribution in [0.25, 0.3) is 0 Å². The van der Waals surface area contributed by atoms with Crippen molar-refractivity contribution in [1.82, 2.24) is 16.2 Å². The summed E-state index contributed by atoms with van der Waals surface area (Å²) in [5, 5.41) is 2.70. The summed E-state index contributed by atoms with van der Waals surface area (Å²) in [5.74, 6) is 0.744. The van der Waals surface area contributed by atoms with Crippen molar-refractivity contribution in [2.24, 2.45) is 0 Å². The molecule has 14 heavy (non-hydrogen) atoms. The third-order valence-corrected chi connectivity index (χ3v) is 2.06. The van der Waals surface area contributed by atoms with Gasteiger partial charge in [0, 0.05) is 5.56 Å². The van der Waals surface area contributed by atoms with Crippen molar-refractivity contribution in [2.45, 2.75) is 6.17 Å². The van der Waals surface area contributed by atoms with Crippen LogP contribution in [0.4, 0.5) is 4.79 Å². The van der Waals surface area contributed by atoms with E-state index in [9.17, 15) is 4.79 Å². The molecular weight excluding hydrogens is 182 g/mol. The van der Waals surface area contributed by atoms with Crippen LogP contribution in [0.15, 0.2) is 24.3 Å². The number of hydrogen-bond acceptors (Lipinski definition) is 3. The summed E-state index contributed by atoms with van der Waals surface area (Å²) in [6.45, 7) is 0. The lowest BCUT2D eigenvalue weighted by atomic mass is 10.1. The molecule has 1 unspecified atom stereocenters. The van der Waals surface area contributed by atoms with Crippen LogP contribution < -0.4 is 20.9 Å². The van der Waals surface area contributed by atoms with Crippen LogP contribution in [0.2, 0.25) is 0 Å². The van der Waals surface area contributed by atoms with Gasteiger partial charge in [0.1, 0.15) is 11.9 Å². The summed E-state index contributed by atoms with van der Waals surface area (Å²) in [6.07, 6.45) is -0.237. The molecule has 0 saturated carbocycles. The van der Waals surface area contributed by atoms with Gasteiger partial charge in [-0.25, -0.2) is 10.2 Å². The molecule has 2 rings (SSSR count). The molecule has 0 aromatic heterocycles. The zero-order valence-corrected chi connectivity index (χ0v) is 7.70. The molecule has 1 atom stereocenters. The first-order chi connectivity index (χ1) is 6.81. The van der Waals surface area contributed by atoms with Gasteiger partial charge in [-0.3, -0.25) is 5.43 Å². The molecule has 0 bridgehead atoms. The number of amides is 2. The second kappa shape index (κ2) is 3.55. The SMILES string of the molecule is COc1ccccc1C1NNC(=O)N1. The fraction of sp³-hybridized carbons (Fsp3) is 0.222. The topological polar surface area (TPSA) is 62.4 Å². The molecule has 1 saturated heterocycles. The van der Waals surface area contributed by atoms with E-state index in [-0.39, 0.29) is 12.2 Å². The number of hydrazine groups is 1. The number of nitrogens with one attached hydrogen (secondary N) is 3. The smallest absolute Gasteiger partial charge is 0.330 e. The van der Waals surface area contributed by atoms with E-state index in [0.29, 0.717) is 0 Å². The number of para-hydroxylation sites is 1. The van der Waals surface area contributed by atoms with Gasteiger partial charge in [0.15, 0.2) is 0 Å². The summed E-state index contributed by atoms with van der Waals surface area (Å²) in [4.78, 5) is 10.9. The average molecular weight is 193 g/mol. The van der Waals surface area contributed by atoms with Crippen molar-refractivity contribution in [3.8, 4) is 5.75 Å². The maximum absolute atomic E-state index is 10.9. The molecule has 1 aromatic rings. The van der Waals surface area contributed by atoms with E-state index in [1.807, 2.05) is 24.3 Å². The van der Waals surface area contributed by atoms with Crippen molar-refractivity contribution in [1.29, 1.82) is 0 Å². The first-order valence-electron chi connectivity index (χ1n) is 4.26. The van der Waals surface area contributed by atoms with Gasteiger partial charge in [-0.05, 0) is 6.07 Å². The highest BCUT2D eigenvalue weighted by Gasteiger charge is 2.23. The number of urea groups is 1. The highest BCUT2D eigenvalue weighted by Crippen LogP contribution is 2.23. The van der Waals surface area contributed by atoms with Gasteiger partial charge >= 0.3 is 6.03 Å². The largest absolute Gasteiger partial charge is 0.496 e. The normalized spacial score (nSPS) is 20.1. The minimum Gasteiger partial charge on any atom is -0.496 e. The van der Waals surface area contributed by atoms with Gasteiger partial charge in [-0.15, -0.1) is 0 Å². The molecule has 2 amide bonds. The fourth-order valence-corrected chi connectivity index (χ4v) is 1.40. The fourth-order valence-electron chi connectivity index (χ4n) is 1.40. The van der Waals surface area contributed by atoms with Crippen LogP contribution in [-0.2, 0) is 0 Å². The molecule has 1 aliphatic rings. The van der Waals surface area contributed by atoms with E-state index in [1.165, 1.54) is 0 Å². The lowest BCUT2D eigenvalue weighted by molar-refractivity contribution is 0.247. The number of ether oxygens (including phenoxy) is 1. The van der Waals surface area contributed by atoms with Crippen molar-refractivity contribution < 1.29 is 9.53 Å². The number of benzene rings is 1. The molecule has 0 radical (unpaired) electrons. The van der Waals surface area contributed by atoms with E-state index in [4.69, 9.17) is 4.74 Å². The van der Waals surface area contributed by atoms with Gasteiger partial charge < -0.3 is 10.1 Å². The molecule has 1 heterocycles. The molecule has 1 aliphatic heterocycles. The second-order valence-electron chi connectivity index (χ2n) is 2.92. The minimum atomic E-state index is -0.237. The lowest BCUT2D eigenvalue weighted by Gasteiger charge is -2.13. The van der Waals surface area contributed by atoms with Crippen LogP contribution in [0.5, 0.6) is 5.75 Å². The molecule has 0 aliphatic carbocycles. The summed E-state index contributed by atoms with van der Waals surface area (Å²) >= 11 is 0. The van der Waals surface area contributed by atoms with E-state index < -0.39 is 0 Å². The van der Waals surface area contributed by atoms with Gasteiger partial charge in [0.25, 0.3) is 0 Å². The van der Waals surface area contributed by atoms with Crippen LogP contribution in [0.1, 0.15) is 11.7 Å². The Hall–Kier alpha value is -1.75. The first kappa shape index (κ1) is 8.83. The van der Waals surface area contributed by atoms with E-state index in [1.54, 1.807) is 7.11 Å². The molecule has 5 nitrogen and oxygen atoms in total. The number of carbonyl (C=O) groups excluding carboxylic acids is 1. The second-order valence-corrected chi connectivity index (χ2v) is 2.92. The lowest BCUT2D eigenvalue weighted by Crippen LogP contribution is -2.26. The molecule has 3 N–H and O–H groups in total. The summed E-state index contributed by atoms with van der Waals surface area (Å²) in [6, 6.07) is 7.28. The Morgan fingerprint density at radius 3 is 2.79 bits per heavy atom. The molecule has 74 valence electrons. The van der Waals surface area contributed by atoms with Crippen molar-refractivity contribution >= 4 is 6.03 Å². The quantitative estimate of drug-likeness (QED) is 0.641. The van der Waals surface area contributed by atoms with E-state index >= 15 is 0 Å². The summed E-state index contributed by atoms with van der Waals surface area (Å²) in [7, 11) is 1.60. The number of carbonyl (C=O) groups is 1. The van der Waals surface area contributed by atoms with Crippen LogP contribution >= 0.6 is 0 Å². The van der Waals surface area contributed by atoms with Gasteiger partial charge in [-0.1, -0.05) is 18.2 Å². The zero-order chi connectivity index (χ0) is 9.97. The van der Waals surface area contributed by atoms with Gasteiger partial charge in [0.2, 0.25) is 0 Å². The summed E-state index contributed by atoms with van der Waals surface area (Å²) in [5.41, 5.74) is 6.17. The summed E-state index contributed by atoms with van der Waals surface area (Å²) < 4.78 is 5.17. The molecule has 1 fully saturated rings. The maximum Gasteiger partial charge on any atom is 0.330 e.